The van der Waals surface area contributed by atoms with Crippen LogP contribution in [0.3, 0.4) is 0 Å². The molecule has 0 heterocycles. The Balaban J connectivity index is 1.81. The Hall–Kier alpha value is -2.47. The van der Waals surface area contributed by atoms with Gasteiger partial charge >= 0.3 is 0 Å². The number of anilines is 2. The molecule has 1 atom stereocenters. The van der Waals surface area contributed by atoms with Gasteiger partial charge in [-0.1, -0.05) is 12.1 Å². The van der Waals surface area contributed by atoms with Crippen molar-refractivity contribution in [3.8, 4) is 5.75 Å². The highest BCUT2D eigenvalue weighted by atomic mass is 32.2. The van der Waals surface area contributed by atoms with E-state index in [1.165, 1.54) is 11.8 Å². The fraction of sp³-hybridized carbons (Fsp3) is 0.333. The van der Waals surface area contributed by atoms with Gasteiger partial charge in [0.2, 0.25) is 11.8 Å². The minimum atomic E-state index is -0.337. The summed E-state index contributed by atoms with van der Waals surface area (Å²) >= 11 is 1.30. The van der Waals surface area contributed by atoms with Gasteiger partial charge in [-0.25, -0.2) is 0 Å². The Morgan fingerprint density at radius 1 is 1.07 bits per heavy atom. The molecule has 0 aromatic heterocycles. The van der Waals surface area contributed by atoms with Crippen LogP contribution in [0.4, 0.5) is 11.4 Å². The Morgan fingerprint density at radius 3 is 2.44 bits per heavy atom. The van der Waals surface area contributed by atoms with Crippen molar-refractivity contribution >= 4 is 35.0 Å². The van der Waals surface area contributed by atoms with Crippen molar-refractivity contribution in [3.63, 3.8) is 0 Å². The molecule has 2 rings (SSSR count). The summed E-state index contributed by atoms with van der Waals surface area (Å²) in [5.41, 5.74) is 3.70. The second-order valence-corrected chi connectivity index (χ2v) is 7.52. The fourth-order valence-corrected chi connectivity index (χ4v) is 3.08. The van der Waals surface area contributed by atoms with Crippen molar-refractivity contribution in [2.24, 2.45) is 0 Å². The number of carbonyl (C=O) groups is 2. The maximum absolute atomic E-state index is 12.4. The number of hydrogen-bond donors (Lipinski definition) is 2. The summed E-state index contributed by atoms with van der Waals surface area (Å²) in [6.07, 6.45) is 0. The van der Waals surface area contributed by atoms with E-state index in [-0.39, 0.29) is 22.8 Å². The van der Waals surface area contributed by atoms with Gasteiger partial charge in [0.25, 0.3) is 0 Å². The zero-order valence-corrected chi connectivity index (χ0v) is 17.0. The molecule has 2 amide bonds. The zero-order chi connectivity index (χ0) is 19.8. The first-order valence-electron chi connectivity index (χ1n) is 8.92. The van der Waals surface area contributed by atoms with Gasteiger partial charge in [0.1, 0.15) is 5.75 Å². The Labute approximate surface area is 164 Å². The summed E-state index contributed by atoms with van der Waals surface area (Å²) < 4.78 is 5.37. The number of thioether (sulfide) groups is 1. The van der Waals surface area contributed by atoms with E-state index in [1.807, 2.05) is 51.1 Å². The molecular weight excluding hydrogens is 360 g/mol. The summed E-state index contributed by atoms with van der Waals surface area (Å²) in [4.78, 5) is 24.5. The fourth-order valence-electron chi connectivity index (χ4n) is 2.40. The quantitative estimate of drug-likeness (QED) is 0.706. The highest BCUT2D eigenvalue weighted by Crippen LogP contribution is 2.21. The third kappa shape index (κ3) is 6.32. The SMILES string of the molecule is CCOc1ccc(NC(=O)CSC(C)C(=O)Nc2cccc(C)c2C)cc1. The van der Waals surface area contributed by atoms with Crippen molar-refractivity contribution in [3.05, 3.63) is 53.6 Å². The van der Waals surface area contributed by atoms with Crippen LogP contribution in [-0.2, 0) is 9.59 Å². The lowest BCUT2D eigenvalue weighted by atomic mass is 10.1. The van der Waals surface area contributed by atoms with E-state index in [4.69, 9.17) is 4.74 Å². The van der Waals surface area contributed by atoms with Gasteiger partial charge in [0, 0.05) is 11.4 Å². The standard InChI is InChI=1S/C21H26N2O3S/c1-5-26-18-11-9-17(10-12-18)22-20(24)13-27-16(4)21(25)23-19-8-6-7-14(2)15(19)3/h6-12,16H,5,13H2,1-4H3,(H,22,24)(H,23,25). The van der Waals surface area contributed by atoms with Crippen LogP contribution in [0.15, 0.2) is 42.5 Å². The first-order chi connectivity index (χ1) is 12.9. The van der Waals surface area contributed by atoms with E-state index < -0.39 is 0 Å². The molecule has 5 nitrogen and oxygen atoms in total. The van der Waals surface area contributed by atoms with Crippen molar-refractivity contribution in [2.75, 3.05) is 23.0 Å². The Kier molecular flexibility index (Phi) is 7.73. The van der Waals surface area contributed by atoms with E-state index in [0.29, 0.717) is 12.3 Å². The number of benzene rings is 2. The van der Waals surface area contributed by atoms with Gasteiger partial charge in [-0.3, -0.25) is 9.59 Å². The number of aryl methyl sites for hydroxylation is 1. The van der Waals surface area contributed by atoms with E-state index in [9.17, 15) is 9.59 Å². The average molecular weight is 387 g/mol. The minimum Gasteiger partial charge on any atom is -0.494 e. The van der Waals surface area contributed by atoms with Crippen molar-refractivity contribution in [1.82, 2.24) is 0 Å². The normalized spacial score (nSPS) is 11.6. The lowest BCUT2D eigenvalue weighted by Gasteiger charge is -2.14. The first-order valence-corrected chi connectivity index (χ1v) is 9.97. The van der Waals surface area contributed by atoms with E-state index >= 15 is 0 Å². The van der Waals surface area contributed by atoms with Crippen molar-refractivity contribution in [1.29, 1.82) is 0 Å². The number of rotatable bonds is 8. The number of hydrogen-bond acceptors (Lipinski definition) is 4. The van der Waals surface area contributed by atoms with Crippen molar-refractivity contribution in [2.45, 2.75) is 32.9 Å². The number of ether oxygens (including phenoxy) is 1. The smallest absolute Gasteiger partial charge is 0.237 e. The molecule has 0 aliphatic carbocycles. The molecule has 2 N–H and O–H groups in total. The van der Waals surface area contributed by atoms with Crippen LogP contribution in [0, 0.1) is 13.8 Å². The zero-order valence-electron chi connectivity index (χ0n) is 16.2. The molecule has 2 aromatic rings. The van der Waals surface area contributed by atoms with Gasteiger partial charge in [-0.2, -0.15) is 0 Å². The summed E-state index contributed by atoms with van der Waals surface area (Å²) in [7, 11) is 0. The van der Waals surface area contributed by atoms with Gasteiger partial charge in [-0.15, -0.1) is 11.8 Å². The van der Waals surface area contributed by atoms with Crippen LogP contribution in [0.2, 0.25) is 0 Å². The molecule has 0 aliphatic rings. The molecule has 0 saturated heterocycles. The summed E-state index contributed by atoms with van der Waals surface area (Å²) in [5, 5.41) is 5.42. The molecule has 0 radical (unpaired) electrons. The average Bonchev–Trinajstić information content (AvgIpc) is 2.65. The highest BCUT2D eigenvalue weighted by molar-refractivity contribution is 8.01. The topological polar surface area (TPSA) is 67.4 Å². The number of amides is 2. The van der Waals surface area contributed by atoms with Crippen LogP contribution in [-0.4, -0.2) is 29.4 Å². The van der Waals surface area contributed by atoms with Crippen LogP contribution in [0.5, 0.6) is 5.75 Å². The lowest BCUT2D eigenvalue weighted by molar-refractivity contribution is -0.115. The summed E-state index contributed by atoms with van der Waals surface area (Å²) in [5.74, 6) is 0.717. The lowest BCUT2D eigenvalue weighted by Crippen LogP contribution is -2.25. The maximum Gasteiger partial charge on any atom is 0.237 e. The third-order valence-corrected chi connectivity index (χ3v) is 5.29. The second kappa shape index (κ2) is 10.0. The molecule has 1 unspecified atom stereocenters. The molecule has 0 aliphatic heterocycles. The van der Waals surface area contributed by atoms with Gasteiger partial charge in [-0.05, 0) is 69.2 Å². The second-order valence-electron chi connectivity index (χ2n) is 6.20. The molecule has 0 bridgehead atoms. The molecule has 0 fully saturated rings. The Bertz CT molecular complexity index is 791. The highest BCUT2D eigenvalue weighted by Gasteiger charge is 2.16. The molecule has 6 heteroatoms. The largest absolute Gasteiger partial charge is 0.494 e. The molecule has 144 valence electrons. The summed E-state index contributed by atoms with van der Waals surface area (Å²) in [6, 6.07) is 13.0. The van der Waals surface area contributed by atoms with E-state index in [0.717, 1.165) is 22.6 Å². The molecule has 0 spiro atoms. The van der Waals surface area contributed by atoms with E-state index in [2.05, 4.69) is 10.6 Å². The maximum atomic E-state index is 12.4. The van der Waals surface area contributed by atoms with Crippen molar-refractivity contribution < 1.29 is 14.3 Å². The number of nitrogens with one attached hydrogen (secondary N) is 2. The van der Waals surface area contributed by atoms with Crippen LogP contribution in [0.1, 0.15) is 25.0 Å². The Morgan fingerprint density at radius 2 is 1.78 bits per heavy atom. The third-order valence-electron chi connectivity index (χ3n) is 4.15. The summed E-state index contributed by atoms with van der Waals surface area (Å²) in [6.45, 7) is 8.31. The van der Waals surface area contributed by atoms with Crippen LogP contribution in [0.25, 0.3) is 0 Å². The molecule has 0 saturated carbocycles. The monoisotopic (exact) mass is 386 g/mol. The van der Waals surface area contributed by atoms with Gasteiger partial charge in [0.15, 0.2) is 0 Å². The van der Waals surface area contributed by atoms with Gasteiger partial charge < -0.3 is 15.4 Å². The molecular formula is C21H26N2O3S. The van der Waals surface area contributed by atoms with Crippen LogP contribution < -0.4 is 15.4 Å². The molecule has 27 heavy (non-hydrogen) atoms. The predicted molar refractivity (Wildman–Crippen MR) is 113 cm³/mol. The number of carbonyl (C=O) groups excluding carboxylic acids is 2. The first kappa shape index (κ1) is 20.8. The van der Waals surface area contributed by atoms with E-state index in [1.54, 1.807) is 19.1 Å². The minimum absolute atomic E-state index is 0.109. The van der Waals surface area contributed by atoms with Crippen LogP contribution >= 0.6 is 11.8 Å². The predicted octanol–water partition coefficient (Wildman–Crippen LogP) is 4.40. The van der Waals surface area contributed by atoms with Gasteiger partial charge in [0.05, 0.1) is 17.6 Å². The molecule has 2 aromatic carbocycles.